The van der Waals surface area contributed by atoms with E-state index < -0.39 is 4.75 Å². The molecule has 1 unspecified atom stereocenters. The second-order valence-corrected chi connectivity index (χ2v) is 6.60. The average Bonchev–Trinajstić information content (AvgIpc) is 2.94. The number of benzene rings is 2. The number of hydrogen-bond donors (Lipinski definition) is 0. The molecule has 2 aliphatic rings. The summed E-state index contributed by atoms with van der Waals surface area (Å²) in [4.78, 5) is 20.3. The summed E-state index contributed by atoms with van der Waals surface area (Å²) in [5.41, 5.74) is 3.52. The summed E-state index contributed by atoms with van der Waals surface area (Å²) in [6.45, 7) is 4.49. The number of aliphatic imine (C=N–C) groups is 1. The van der Waals surface area contributed by atoms with Gasteiger partial charge >= 0.3 is 0 Å². The zero-order valence-electron chi connectivity index (χ0n) is 12.8. The Balaban J connectivity index is 2.05. The van der Waals surface area contributed by atoms with Crippen LogP contribution in [0.5, 0.6) is 0 Å². The van der Waals surface area contributed by atoms with Crippen LogP contribution < -0.4 is 4.90 Å². The molecular formula is C19H16N2OS. The molecule has 4 heteroatoms. The van der Waals surface area contributed by atoms with E-state index in [1.165, 1.54) is 0 Å². The minimum atomic E-state index is -0.756. The minimum absolute atomic E-state index is 0.115. The Bertz CT molecular complexity index is 858. The second kappa shape index (κ2) is 5.10. The monoisotopic (exact) mass is 320 g/mol. The van der Waals surface area contributed by atoms with Crippen LogP contribution in [0.15, 0.2) is 66.2 Å². The van der Waals surface area contributed by atoms with Gasteiger partial charge in [0.25, 0.3) is 0 Å². The molecule has 0 aliphatic carbocycles. The first kappa shape index (κ1) is 14.3. The fraction of sp³-hybridized carbons (Fsp3) is 0.158. The summed E-state index contributed by atoms with van der Waals surface area (Å²) in [5.74, 6) is 0.916. The molecule has 0 fully saturated rings. The van der Waals surface area contributed by atoms with E-state index in [0.29, 0.717) is 6.54 Å². The summed E-state index contributed by atoms with van der Waals surface area (Å²) in [5, 5.41) is 0. The summed E-state index contributed by atoms with van der Waals surface area (Å²) in [6, 6.07) is 15.7. The highest BCUT2D eigenvalue weighted by atomic mass is 32.2. The van der Waals surface area contributed by atoms with E-state index in [2.05, 4.69) is 11.5 Å². The maximum atomic E-state index is 13.4. The van der Waals surface area contributed by atoms with Gasteiger partial charge in [0, 0.05) is 17.7 Å². The Kier molecular flexibility index (Phi) is 3.16. The minimum Gasteiger partial charge on any atom is -0.323 e. The van der Waals surface area contributed by atoms with Gasteiger partial charge in [0.05, 0.1) is 11.4 Å². The smallest absolute Gasteiger partial charge is 0.193 e. The number of para-hydroxylation sites is 2. The standard InChI is InChI=1S/C19H16N2OS/c1-3-12-21-16-11-7-4-8-13(16)17(22)19(23-2)14-9-5-6-10-15(14)20-18(19)21/h3-11H,1,12H2,2H3. The maximum absolute atomic E-state index is 13.4. The van der Waals surface area contributed by atoms with E-state index in [0.717, 1.165) is 28.3 Å². The van der Waals surface area contributed by atoms with Gasteiger partial charge in [-0.3, -0.25) is 4.79 Å². The quantitative estimate of drug-likeness (QED) is 0.795. The van der Waals surface area contributed by atoms with Gasteiger partial charge in [-0.15, -0.1) is 18.3 Å². The number of ketones is 1. The SMILES string of the molecule is C=CCN1C2=Nc3ccccc3C2(SC)C(=O)c2ccccc21. The highest BCUT2D eigenvalue weighted by molar-refractivity contribution is 8.01. The van der Waals surface area contributed by atoms with Crippen LogP contribution in [0.25, 0.3) is 0 Å². The van der Waals surface area contributed by atoms with Crippen molar-refractivity contribution in [3.63, 3.8) is 0 Å². The summed E-state index contributed by atoms with van der Waals surface area (Å²) < 4.78 is -0.756. The molecule has 2 heterocycles. The lowest BCUT2D eigenvalue weighted by atomic mass is 9.84. The molecule has 2 aromatic rings. The lowest BCUT2D eigenvalue weighted by Crippen LogP contribution is -2.52. The number of thioether (sulfide) groups is 1. The number of Topliss-reactive ketones (excluding diaryl/α,β-unsaturated/α-hetero) is 1. The highest BCUT2D eigenvalue weighted by Crippen LogP contribution is 2.53. The van der Waals surface area contributed by atoms with Gasteiger partial charge in [-0.05, 0) is 24.5 Å². The summed E-state index contributed by atoms with van der Waals surface area (Å²) >= 11 is 1.55. The molecule has 0 N–H and O–H groups in total. The van der Waals surface area contributed by atoms with Crippen LogP contribution in [-0.2, 0) is 4.75 Å². The first-order chi connectivity index (χ1) is 11.2. The van der Waals surface area contributed by atoms with Crippen LogP contribution in [0.4, 0.5) is 11.4 Å². The number of rotatable bonds is 3. The zero-order valence-corrected chi connectivity index (χ0v) is 13.6. The van der Waals surface area contributed by atoms with E-state index in [1.807, 2.05) is 60.9 Å². The van der Waals surface area contributed by atoms with Gasteiger partial charge in [0.15, 0.2) is 10.5 Å². The number of fused-ring (bicyclic) bond motifs is 4. The number of anilines is 1. The lowest BCUT2D eigenvalue weighted by Gasteiger charge is -2.40. The Hall–Kier alpha value is -2.33. The third-order valence-electron chi connectivity index (χ3n) is 4.46. The van der Waals surface area contributed by atoms with E-state index in [9.17, 15) is 4.79 Å². The molecule has 114 valence electrons. The molecule has 0 amide bonds. The fourth-order valence-corrected chi connectivity index (χ4v) is 4.50. The first-order valence-electron chi connectivity index (χ1n) is 7.50. The molecule has 2 aromatic carbocycles. The molecule has 0 radical (unpaired) electrons. The molecule has 0 spiro atoms. The first-order valence-corrected chi connectivity index (χ1v) is 8.72. The van der Waals surface area contributed by atoms with Crippen LogP contribution in [0.2, 0.25) is 0 Å². The van der Waals surface area contributed by atoms with Gasteiger partial charge in [-0.25, -0.2) is 4.99 Å². The van der Waals surface area contributed by atoms with Crippen molar-refractivity contribution in [2.75, 3.05) is 17.7 Å². The predicted molar refractivity (Wildman–Crippen MR) is 97.0 cm³/mol. The van der Waals surface area contributed by atoms with E-state index in [-0.39, 0.29) is 5.78 Å². The molecule has 4 rings (SSSR count). The van der Waals surface area contributed by atoms with Crippen LogP contribution in [0.3, 0.4) is 0 Å². The van der Waals surface area contributed by atoms with E-state index >= 15 is 0 Å². The van der Waals surface area contributed by atoms with Crippen molar-refractivity contribution in [2.24, 2.45) is 4.99 Å². The number of carbonyl (C=O) groups is 1. The van der Waals surface area contributed by atoms with Crippen molar-refractivity contribution in [3.8, 4) is 0 Å². The van der Waals surface area contributed by atoms with Crippen LogP contribution in [0.1, 0.15) is 15.9 Å². The normalized spacial score (nSPS) is 21.3. The predicted octanol–water partition coefficient (Wildman–Crippen LogP) is 4.18. The van der Waals surface area contributed by atoms with Crippen molar-refractivity contribution in [2.45, 2.75) is 4.75 Å². The Morgan fingerprint density at radius 2 is 1.96 bits per heavy atom. The Morgan fingerprint density at radius 3 is 2.74 bits per heavy atom. The maximum Gasteiger partial charge on any atom is 0.193 e. The average molecular weight is 320 g/mol. The van der Waals surface area contributed by atoms with E-state index in [1.54, 1.807) is 11.8 Å². The zero-order chi connectivity index (χ0) is 16.0. The third-order valence-corrected chi connectivity index (χ3v) is 5.66. The molecule has 0 aromatic heterocycles. The molecule has 3 nitrogen and oxygen atoms in total. The Morgan fingerprint density at radius 1 is 1.22 bits per heavy atom. The number of carbonyl (C=O) groups excluding carboxylic acids is 1. The van der Waals surface area contributed by atoms with Crippen molar-refractivity contribution in [1.29, 1.82) is 0 Å². The molecule has 23 heavy (non-hydrogen) atoms. The molecule has 0 saturated heterocycles. The van der Waals surface area contributed by atoms with Crippen molar-refractivity contribution < 1.29 is 4.79 Å². The van der Waals surface area contributed by atoms with Gasteiger partial charge in [0.2, 0.25) is 0 Å². The molecular weight excluding hydrogens is 304 g/mol. The second-order valence-electron chi connectivity index (χ2n) is 5.58. The molecule has 1 atom stereocenters. The van der Waals surface area contributed by atoms with Gasteiger partial charge < -0.3 is 4.90 Å². The van der Waals surface area contributed by atoms with Crippen molar-refractivity contribution >= 4 is 34.8 Å². The molecule has 0 saturated carbocycles. The van der Waals surface area contributed by atoms with Gasteiger partial charge in [-0.1, -0.05) is 36.4 Å². The van der Waals surface area contributed by atoms with Gasteiger partial charge in [0.1, 0.15) is 5.84 Å². The molecule has 0 bridgehead atoms. The molecule has 2 aliphatic heterocycles. The topological polar surface area (TPSA) is 32.7 Å². The Labute approximate surface area is 139 Å². The number of amidine groups is 1. The summed E-state index contributed by atoms with van der Waals surface area (Å²) in [6.07, 6.45) is 3.83. The third kappa shape index (κ3) is 1.72. The van der Waals surface area contributed by atoms with Gasteiger partial charge in [-0.2, -0.15) is 0 Å². The number of hydrogen-bond acceptors (Lipinski definition) is 4. The highest BCUT2D eigenvalue weighted by Gasteiger charge is 2.55. The fourth-order valence-electron chi connectivity index (χ4n) is 3.47. The van der Waals surface area contributed by atoms with Crippen molar-refractivity contribution in [1.82, 2.24) is 0 Å². The summed E-state index contributed by atoms with van der Waals surface area (Å²) in [7, 11) is 0. The number of nitrogens with zero attached hydrogens (tertiary/aromatic N) is 2. The lowest BCUT2D eigenvalue weighted by molar-refractivity contribution is 0.0968. The van der Waals surface area contributed by atoms with Crippen LogP contribution >= 0.6 is 11.8 Å². The van der Waals surface area contributed by atoms with E-state index in [4.69, 9.17) is 4.99 Å². The van der Waals surface area contributed by atoms with Crippen LogP contribution in [-0.4, -0.2) is 24.4 Å². The van der Waals surface area contributed by atoms with Crippen LogP contribution in [0, 0.1) is 0 Å². The largest absolute Gasteiger partial charge is 0.323 e. The van der Waals surface area contributed by atoms with Crippen molar-refractivity contribution in [3.05, 3.63) is 72.3 Å².